The van der Waals surface area contributed by atoms with Gasteiger partial charge in [-0.25, -0.2) is 8.78 Å². The molecule has 2 aromatic rings. The van der Waals surface area contributed by atoms with Gasteiger partial charge < -0.3 is 5.32 Å². The van der Waals surface area contributed by atoms with Gasteiger partial charge in [0.25, 0.3) is 5.91 Å². The van der Waals surface area contributed by atoms with Crippen LogP contribution in [0.4, 0.5) is 22.0 Å². The Morgan fingerprint density at radius 2 is 1.85 bits per heavy atom. The van der Waals surface area contributed by atoms with Gasteiger partial charge in [-0.1, -0.05) is 17.7 Å². The van der Waals surface area contributed by atoms with Crippen LogP contribution in [0.1, 0.15) is 40.4 Å². The van der Waals surface area contributed by atoms with Crippen molar-refractivity contribution in [2.75, 3.05) is 0 Å². The predicted molar refractivity (Wildman–Crippen MR) is 83.8 cm³/mol. The van der Waals surface area contributed by atoms with Crippen molar-refractivity contribution in [2.45, 2.75) is 31.0 Å². The molecule has 1 amide bonds. The summed E-state index contributed by atoms with van der Waals surface area (Å²) in [5.41, 5.74) is -1.46. The highest BCUT2D eigenvalue weighted by molar-refractivity contribution is 6.31. The molecular formula is C17H12ClF5N2O. The minimum absolute atomic E-state index is 0.166. The predicted octanol–water partition coefficient (Wildman–Crippen LogP) is 4.71. The first-order valence-electron chi connectivity index (χ1n) is 7.66. The molecule has 1 aromatic carbocycles. The number of pyridine rings is 1. The average Bonchev–Trinajstić information content (AvgIpc) is 2.52. The Hall–Kier alpha value is -2.22. The minimum atomic E-state index is -4.56. The molecule has 1 heterocycles. The third kappa shape index (κ3) is 3.51. The van der Waals surface area contributed by atoms with Crippen molar-refractivity contribution >= 4 is 17.5 Å². The fourth-order valence-corrected chi connectivity index (χ4v) is 3.14. The Morgan fingerprint density at radius 3 is 2.35 bits per heavy atom. The molecule has 1 saturated carbocycles. The van der Waals surface area contributed by atoms with Crippen LogP contribution in [0, 0.1) is 11.6 Å². The largest absolute Gasteiger partial charge is 0.417 e. The van der Waals surface area contributed by atoms with Gasteiger partial charge in [0.2, 0.25) is 0 Å². The lowest BCUT2D eigenvalue weighted by molar-refractivity contribution is -0.137. The van der Waals surface area contributed by atoms with Crippen molar-refractivity contribution in [1.29, 1.82) is 0 Å². The molecule has 0 aliphatic heterocycles. The van der Waals surface area contributed by atoms with Crippen LogP contribution in [0.25, 0.3) is 0 Å². The number of hydrogen-bond donors (Lipinski definition) is 1. The highest BCUT2D eigenvalue weighted by atomic mass is 35.5. The zero-order valence-electron chi connectivity index (χ0n) is 13.1. The molecule has 9 heteroatoms. The molecule has 0 unspecified atom stereocenters. The second kappa shape index (κ2) is 6.83. The van der Waals surface area contributed by atoms with Gasteiger partial charge in [0.15, 0.2) is 0 Å². The zero-order chi connectivity index (χ0) is 19.1. The normalized spacial score (nSPS) is 19.8. The van der Waals surface area contributed by atoms with Gasteiger partial charge in [0.1, 0.15) is 17.2 Å². The standard InChI is InChI=1S/C17H12ClF5N2O/c18-10-6-8(17(21,22)23)7-24-15(10)9-4-5-13(9)25-16(26)14-11(19)2-1-3-12(14)20/h1-3,6-7,9,13H,4-5H2,(H,25,26)/t9-,13+/m0/s1. The number of rotatable bonds is 3. The molecule has 3 rings (SSSR count). The summed E-state index contributed by atoms with van der Waals surface area (Å²) in [6.07, 6.45) is -2.87. The van der Waals surface area contributed by atoms with E-state index in [0.29, 0.717) is 19.0 Å². The molecule has 1 N–H and O–H groups in total. The third-order valence-corrected chi connectivity index (χ3v) is 4.63. The Labute approximate surface area is 150 Å². The highest BCUT2D eigenvalue weighted by Crippen LogP contribution is 2.41. The molecular weight excluding hydrogens is 379 g/mol. The summed E-state index contributed by atoms with van der Waals surface area (Å²) in [5.74, 6) is -3.35. The number of amides is 1. The Bertz CT molecular complexity index is 835. The van der Waals surface area contributed by atoms with Crippen LogP contribution in [0.5, 0.6) is 0 Å². The van der Waals surface area contributed by atoms with E-state index in [1.165, 1.54) is 0 Å². The van der Waals surface area contributed by atoms with E-state index in [-0.39, 0.29) is 10.7 Å². The summed E-state index contributed by atoms with van der Waals surface area (Å²) in [6.45, 7) is 0. The maximum absolute atomic E-state index is 13.7. The first-order valence-corrected chi connectivity index (χ1v) is 8.04. The molecule has 2 atom stereocenters. The van der Waals surface area contributed by atoms with Gasteiger partial charge in [0.05, 0.1) is 16.3 Å². The summed E-state index contributed by atoms with van der Waals surface area (Å²) < 4.78 is 65.4. The summed E-state index contributed by atoms with van der Waals surface area (Å²) in [6, 6.07) is 3.31. The van der Waals surface area contributed by atoms with E-state index >= 15 is 0 Å². The number of hydrogen-bond acceptors (Lipinski definition) is 2. The summed E-state index contributed by atoms with van der Waals surface area (Å²) in [5, 5.41) is 2.33. The molecule has 0 radical (unpaired) electrons. The molecule has 1 aliphatic carbocycles. The molecule has 138 valence electrons. The lowest BCUT2D eigenvalue weighted by Gasteiger charge is -2.37. The number of halogens is 6. The average molecular weight is 391 g/mol. The van der Waals surface area contributed by atoms with E-state index < -0.39 is 46.8 Å². The van der Waals surface area contributed by atoms with Crippen LogP contribution < -0.4 is 5.32 Å². The van der Waals surface area contributed by atoms with Crippen molar-refractivity contribution in [2.24, 2.45) is 0 Å². The van der Waals surface area contributed by atoms with Crippen molar-refractivity contribution in [1.82, 2.24) is 10.3 Å². The third-order valence-electron chi connectivity index (χ3n) is 4.33. The van der Waals surface area contributed by atoms with E-state index in [1.54, 1.807) is 0 Å². The number of carbonyl (C=O) groups excluding carboxylic acids is 1. The van der Waals surface area contributed by atoms with Gasteiger partial charge in [-0.3, -0.25) is 9.78 Å². The van der Waals surface area contributed by atoms with Gasteiger partial charge in [-0.05, 0) is 31.0 Å². The van der Waals surface area contributed by atoms with Gasteiger partial charge in [-0.15, -0.1) is 0 Å². The van der Waals surface area contributed by atoms with Crippen LogP contribution in [0.15, 0.2) is 30.5 Å². The topological polar surface area (TPSA) is 42.0 Å². The molecule has 3 nitrogen and oxygen atoms in total. The van der Waals surface area contributed by atoms with Gasteiger partial charge in [0, 0.05) is 18.2 Å². The van der Waals surface area contributed by atoms with Crippen molar-refractivity contribution in [3.05, 3.63) is 63.9 Å². The lowest BCUT2D eigenvalue weighted by atomic mass is 9.77. The monoisotopic (exact) mass is 390 g/mol. The van der Waals surface area contributed by atoms with Crippen LogP contribution in [-0.2, 0) is 6.18 Å². The fraction of sp³-hybridized carbons (Fsp3) is 0.294. The zero-order valence-corrected chi connectivity index (χ0v) is 13.8. The van der Waals surface area contributed by atoms with E-state index in [9.17, 15) is 26.7 Å². The molecule has 0 bridgehead atoms. The summed E-state index contributed by atoms with van der Waals surface area (Å²) in [4.78, 5) is 15.9. The smallest absolute Gasteiger partial charge is 0.348 e. The number of benzene rings is 1. The Morgan fingerprint density at radius 1 is 1.19 bits per heavy atom. The molecule has 0 spiro atoms. The van der Waals surface area contributed by atoms with Gasteiger partial charge in [-0.2, -0.15) is 13.2 Å². The second-order valence-corrected chi connectivity index (χ2v) is 6.36. The van der Waals surface area contributed by atoms with E-state index in [2.05, 4.69) is 10.3 Å². The number of alkyl halides is 3. The fourth-order valence-electron chi connectivity index (χ4n) is 2.83. The van der Waals surface area contributed by atoms with E-state index in [4.69, 9.17) is 11.6 Å². The SMILES string of the molecule is O=C(N[C@@H]1CC[C@@H]1c1ncc(C(F)(F)F)cc1Cl)c1c(F)cccc1F. The number of carbonyl (C=O) groups is 1. The van der Waals surface area contributed by atoms with Crippen LogP contribution in [0.2, 0.25) is 5.02 Å². The lowest BCUT2D eigenvalue weighted by Crippen LogP contribution is -2.46. The maximum Gasteiger partial charge on any atom is 0.417 e. The molecule has 0 saturated heterocycles. The maximum atomic E-state index is 13.7. The summed E-state index contributed by atoms with van der Waals surface area (Å²) in [7, 11) is 0. The number of nitrogens with one attached hydrogen (secondary N) is 1. The summed E-state index contributed by atoms with van der Waals surface area (Å²) >= 11 is 5.92. The second-order valence-electron chi connectivity index (χ2n) is 5.95. The van der Waals surface area contributed by atoms with E-state index in [1.807, 2.05) is 0 Å². The number of aromatic nitrogens is 1. The first-order chi connectivity index (χ1) is 12.2. The molecule has 1 aromatic heterocycles. The van der Waals surface area contributed by atoms with Crippen molar-refractivity contribution < 1.29 is 26.7 Å². The van der Waals surface area contributed by atoms with Crippen molar-refractivity contribution in [3.63, 3.8) is 0 Å². The molecule has 26 heavy (non-hydrogen) atoms. The van der Waals surface area contributed by atoms with Crippen LogP contribution >= 0.6 is 11.6 Å². The van der Waals surface area contributed by atoms with Gasteiger partial charge >= 0.3 is 6.18 Å². The Balaban J connectivity index is 1.77. The Kier molecular flexibility index (Phi) is 4.88. The quantitative estimate of drug-likeness (QED) is 0.771. The minimum Gasteiger partial charge on any atom is -0.348 e. The van der Waals surface area contributed by atoms with Crippen LogP contribution in [-0.4, -0.2) is 16.9 Å². The first kappa shape index (κ1) is 18.6. The molecule has 1 aliphatic rings. The van der Waals surface area contributed by atoms with Crippen molar-refractivity contribution in [3.8, 4) is 0 Å². The van der Waals surface area contributed by atoms with E-state index in [0.717, 1.165) is 24.3 Å². The number of nitrogens with zero attached hydrogens (tertiary/aromatic N) is 1. The highest BCUT2D eigenvalue weighted by Gasteiger charge is 2.38. The molecule has 1 fully saturated rings. The van der Waals surface area contributed by atoms with Crippen LogP contribution in [0.3, 0.4) is 0 Å².